The molecule has 0 saturated carbocycles. The number of hydrogen-bond acceptors (Lipinski definition) is 10. The molecule has 13 heteroatoms. The van der Waals surface area contributed by atoms with Crippen LogP contribution in [0.25, 0.3) is 10.4 Å². The molecule has 0 aliphatic carbocycles. The lowest BCUT2D eigenvalue weighted by atomic mass is 9.86. The summed E-state index contributed by atoms with van der Waals surface area (Å²) < 4.78 is 0. The fourth-order valence-corrected chi connectivity index (χ4v) is 6.68. The molecule has 49 heavy (non-hydrogen) atoms. The quantitative estimate of drug-likeness (QED) is 0.0779. The molecule has 4 rings (SSSR count). The molecule has 3 amide bonds. The number of nitrogens with one attached hydrogen (secondary N) is 3. The summed E-state index contributed by atoms with van der Waals surface area (Å²) in [5.41, 5.74) is 6.88. The number of nitrogens with zero attached hydrogens (tertiary/aromatic N) is 2. The van der Waals surface area contributed by atoms with Gasteiger partial charge in [0.15, 0.2) is 0 Å². The zero-order chi connectivity index (χ0) is 35.6. The van der Waals surface area contributed by atoms with E-state index in [2.05, 4.69) is 54.1 Å². The second-order valence-corrected chi connectivity index (χ2v) is 14.3. The van der Waals surface area contributed by atoms with Gasteiger partial charge in [0.2, 0.25) is 0 Å². The van der Waals surface area contributed by atoms with E-state index in [-0.39, 0.29) is 42.7 Å². The Morgan fingerprint density at radius 1 is 0.816 bits per heavy atom. The number of rotatable bonds is 15. The Morgan fingerprint density at radius 2 is 1.45 bits per heavy atom. The molecule has 2 heterocycles. The van der Waals surface area contributed by atoms with E-state index in [4.69, 9.17) is 10.2 Å². The van der Waals surface area contributed by atoms with E-state index in [0.717, 1.165) is 27.3 Å². The average molecular weight is 706 g/mol. The van der Waals surface area contributed by atoms with Crippen molar-refractivity contribution in [1.29, 1.82) is 0 Å². The first-order chi connectivity index (χ1) is 23.4. The molecular weight excluding hydrogens is 663 g/mol. The Kier molecular flexibility index (Phi) is 13.2. The van der Waals surface area contributed by atoms with Crippen LogP contribution in [0.3, 0.4) is 0 Å². The molecule has 260 valence electrons. The first-order valence-corrected chi connectivity index (χ1v) is 17.6. The first-order valence-electron chi connectivity index (χ1n) is 15.9. The van der Waals surface area contributed by atoms with E-state index in [1.165, 1.54) is 16.9 Å². The van der Waals surface area contributed by atoms with Gasteiger partial charge in [-0.15, -0.1) is 22.7 Å². The number of hydrogen-bond donors (Lipinski definition) is 6. The Labute approximate surface area is 294 Å². The highest BCUT2D eigenvalue weighted by Crippen LogP contribution is 2.39. The molecule has 0 radical (unpaired) electrons. The molecule has 0 bridgehead atoms. The van der Waals surface area contributed by atoms with Crippen molar-refractivity contribution in [2.75, 3.05) is 39.4 Å². The molecule has 0 atom stereocenters. The number of aliphatic hydroxyl groups is 2. The van der Waals surface area contributed by atoms with Crippen LogP contribution in [-0.2, 0) is 12.0 Å². The lowest BCUT2D eigenvalue weighted by Gasteiger charge is -2.20. The average Bonchev–Trinajstić information content (AvgIpc) is 3.73. The fourth-order valence-electron chi connectivity index (χ4n) is 4.86. The lowest BCUT2D eigenvalue weighted by molar-refractivity contribution is 0.0937. The largest absolute Gasteiger partial charge is 0.506 e. The van der Waals surface area contributed by atoms with Crippen LogP contribution in [0, 0.1) is 0 Å². The first kappa shape index (κ1) is 37.4. The lowest BCUT2D eigenvalue weighted by Crippen LogP contribution is -2.37. The van der Waals surface area contributed by atoms with Gasteiger partial charge in [-0.05, 0) is 53.3 Å². The zero-order valence-electron chi connectivity index (χ0n) is 28.1. The van der Waals surface area contributed by atoms with Crippen molar-refractivity contribution in [2.45, 2.75) is 39.7 Å². The maximum absolute atomic E-state index is 12.8. The minimum atomic E-state index is -0.473. The Hall–Kier alpha value is -4.40. The Balaban J connectivity index is 1.26. The van der Waals surface area contributed by atoms with E-state index in [1.54, 1.807) is 48.7 Å². The molecule has 6 N–H and O–H groups in total. The molecule has 11 nitrogen and oxygen atoms in total. The van der Waals surface area contributed by atoms with Gasteiger partial charge in [0.1, 0.15) is 5.75 Å². The van der Waals surface area contributed by atoms with Crippen molar-refractivity contribution in [2.24, 2.45) is 5.10 Å². The van der Waals surface area contributed by atoms with Crippen LogP contribution in [-0.4, -0.2) is 83.0 Å². The van der Waals surface area contributed by atoms with E-state index in [0.29, 0.717) is 52.8 Å². The predicted molar refractivity (Wildman–Crippen MR) is 195 cm³/mol. The Morgan fingerprint density at radius 3 is 2.06 bits per heavy atom. The maximum Gasteiger partial charge on any atom is 0.281 e. The summed E-state index contributed by atoms with van der Waals surface area (Å²) in [5.74, 6) is -0.952. The number of aromatic hydroxyl groups is 1. The van der Waals surface area contributed by atoms with Gasteiger partial charge >= 0.3 is 0 Å². The SMILES string of the molecule is C/C(=N/NC(=O)c1ccc(C(=O)NCc2ccc(C(=O)NCCN(CCO)CCO)cc2)s1)c1csc(-c2ccc(C(C)(C)C)cc2)c1O. The number of benzene rings is 2. The fraction of sp³-hybridized carbons (Fsp3) is 0.333. The minimum absolute atomic E-state index is 0.0252. The predicted octanol–water partition coefficient (Wildman–Crippen LogP) is 4.58. The van der Waals surface area contributed by atoms with Crippen LogP contribution in [0.2, 0.25) is 0 Å². The summed E-state index contributed by atoms with van der Waals surface area (Å²) in [6.45, 7) is 10.0. The van der Waals surface area contributed by atoms with Gasteiger partial charge in [-0.3, -0.25) is 19.3 Å². The van der Waals surface area contributed by atoms with Crippen LogP contribution >= 0.6 is 22.7 Å². The van der Waals surface area contributed by atoms with Crippen LogP contribution in [0.15, 0.2) is 71.1 Å². The highest BCUT2D eigenvalue weighted by atomic mass is 32.1. The second kappa shape index (κ2) is 17.3. The molecule has 0 spiro atoms. The van der Waals surface area contributed by atoms with Gasteiger partial charge in [0, 0.05) is 43.7 Å². The van der Waals surface area contributed by atoms with Crippen molar-refractivity contribution in [3.8, 4) is 16.2 Å². The second-order valence-electron chi connectivity index (χ2n) is 12.4. The topological polar surface area (TPSA) is 164 Å². The van der Waals surface area contributed by atoms with Gasteiger partial charge in [-0.1, -0.05) is 57.2 Å². The summed E-state index contributed by atoms with van der Waals surface area (Å²) in [4.78, 5) is 41.3. The van der Waals surface area contributed by atoms with E-state index < -0.39 is 5.91 Å². The summed E-state index contributed by atoms with van der Waals surface area (Å²) in [7, 11) is 0. The van der Waals surface area contributed by atoms with Crippen molar-refractivity contribution in [3.63, 3.8) is 0 Å². The molecule has 0 fully saturated rings. The third kappa shape index (κ3) is 10.3. The molecule has 2 aromatic heterocycles. The summed E-state index contributed by atoms with van der Waals surface area (Å²) in [6.07, 6.45) is 0. The smallest absolute Gasteiger partial charge is 0.281 e. The highest BCUT2D eigenvalue weighted by Gasteiger charge is 2.18. The third-order valence-corrected chi connectivity index (χ3v) is 9.86. The van der Waals surface area contributed by atoms with Gasteiger partial charge in [-0.2, -0.15) is 5.10 Å². The minimum Gasteiger partial charge on any atom is -0.506 e. The molecule has 0 aliphatic heterocycles. The maximum atomic E-state index is 12.8. The van der Waals surface area contributed by atoms with Gasteiger partial charge in [0.05, 0.1) is 39.1 Å². The molecule has 4 aromatic rings. The van der Waals surface area contributed by atoms with Crippen LogP contribution in [0.5, 0.6) is 5.75 Å². The van der Waals surface area contributed by atoms with Crippen molar-refractivity contribution < 1.29 is 29.7 Å². The van der Waals surface area contributed by atoms with Crippen LogP contribution in [0.4, 0.5) is 0 Å². The van der Waals surface area contributed by atoms with Crippen LogP contribution < -0.4 is 16.1 Å². The molecule has 0 aliphatic rings. The highest BCUT2D eigenvalue weighted by molar-refractivity contribution is 7.16. The van der Waals surface area contributed by atoms with E-state index in [1.807, 2.05) is 17.0 Å². The Bertz CT molecular complexity index is 1750. The van der Waals surface area contributed by atoms with Gasteiger partial charge in [0.25, 0.3) is 17.7 Å². The van der Waals surface area contributed by atoms with Gasteiger partial charge in [-0.25, -0.2) is 5.43 Å². The number of carbonyl (C=O) groups is 3. The van der Waals surface area contributed by atoms with E-state index in [9.17, 15) is 19.5 Å². The summed E-state index contributed by atoms with van der Waals surface area (Å²) in [6, 6.07) is 18.1. The van der Waals surface area contributed by atoms with Gasteiger partial charge < -0.3 is 26.0 Å². The summed E-state index contributed by atoms with van der Waals surface area (Å²) >= 11 is 2.44. The van der Waals surface area contributed by atoms with Crippen molar-refractivity contribution in [1.82, 2.24) is 21.0 Å². The standard InChI is InChI=1S/C36H43N5O6S2/c1-23(28-22-48-32(31(28)44)25-9-11-27(12-10-25)36(2,3)4)39-40-35(47)30-14-13-29(49-30)34(46)38-21-24-5-7-26(8-6-24)33(45)37-15-16-41(17-19-42)18-20-43/h5-14,22,42-44H,15-21H2,1-4H3,(H,37,45)(H,38,46)(H,40,47)/b39-23-. The van der Waals surface area contributed by atoms with E-state index >= 15 is 0 Å². The number of hydrazone groups is 1. The number of thiophene rings is 2. The number of amides is 3. The van der Waals surface area contributed by atoms with Crippen molar-refractivity contribution >= 4 is 46.1 Å². The number of aliphatic hydroxyl groups excluding tert-OH is 2. The molecule has 2 aromatic carbocycles. The third-order valence-electron chi connectivity index (χ3n) is 7.76. The van der Waals surface area contributed by atoms with Crippen LogP contribution in [0.1, 0.15) is 74.1 Å². The number of carbonyl (C=O) groups excluding carboxylic acids is 3. The monoisotopic (exact) mass is 705 g/mol. The zero-order valence-corrected chi connectivity index (χ0v) is 29.7. The summed E-state index contributed by atoms with van der Waals surface area (Å²) in [5, 5.41) is 40.8. The normalized spacial score (nSPS) is 11.9. The van der Waals surface area contributed by atoms with Crippen molar-refractivity contribution in [3.05, 3.63) is 98.1 Å². The molecular formula is C36H43N5O6S2. The molecule has 0 saturated heterocycles. The molecule has 0 unspecified atom stereocenters.